The highest BCUT2D eigenvalue weighted by Gasteiger charge is 2.16. The van der Waals surface area contributed by atoms with E-state index < -0.39 is 21.6 Å². The Hall–Kier alpha value is -2.52. The summed E-state index contributed by atoms with van der Waals surface area (Å²) in [6, 6.07) is 6.53. The Balaban J connectivity index is 2.12. The van der Waals surface area contributed by atoms with Crippen molar-refractivity contribution in [1.29, 1.82) is 0 Å². The Bertz CT molecular complexity index is 963. The first-order chi connectivity index (χ1) is 12.1. The number of nitrogens with one attached hydrogen (secondary N) is 1. The van der Waals surface area contributed by atoms with E-state index in [1.807, 2.05) is 0 Å². The number of aryl methyl sites for hydroxylation is 3. The molecular weight excluding hydrogens is 358 g/mol. The number of H-pyrrole nitrogens is 1. The van der Waals surface area contributed by atoms with Crippen molar-refractivity contribution in [1.82, 2.24) is 14.3 Å². The quantitative estimate of drug-likeness (QED) is 0.732. The van der Waals surface area contributed by atoms with Crippen LogP contribution in [0.15, 0.2) is 34.0 Å². The number of rotatable bonds is 7. The Morgan fingerprint density at radius 3 is 2.31 bits per heavy atom. The van der Waals surface area contributed by atoms with Crippen molar-refractivity contribution >= 4 is 16.0 Å². The maximum absolute atomic E-state index is 12.0. The molecule has 9 heteroatoms. The summed E-state index contributed by atoms with van der Waals surface area (Å²) < 4.78 is 25.2. The molecule has 0 radical (unpaired) electrons. The van der Waals surface area contributed by atoms with E-state index in [4.69, 9.17) is 5.11 Å². The minimum atomic E-state index is -3.46. The van der Waals surface area contributed by atoms with Crippen molar-refractivity contribution in [3.63, 3.8) is 0 Å². The number of nitrogens with zero attached hydrogens (tertiary/aromatic N) is 2. The number of hydrogen-bond donors (Lipinski definition) is 2. The van der Waals surface area contributed by atoms with Crippen LogP contribution in [-0.4, -0.2) is 47.9 Å². The molecule has 26 heavy (non-hydrogen) atoms. The fourth-order valence-corrected chi connectivity index (χ4v) is 3.35. The van der Waals surface area contributed by atoms with E-state index in [-0.39, 0.29) is 16.9 Å². The summed E-state index contributed by atoms with van der Waals surface area (Å²) >= 11 is 0. The van der Waals surface area contributed by atoms with Gasteiger partial charge in [0.25, 0.3) is 5.56 Å². The molecule has 2 aromatic rings. The van der Waals surface area contributed by atoms with Gasteiger partial charge in [-0.05, 0) is 31.0 Å². The molecule has 140 valence electrons. The summed E-state index contributed by atoms with van der Waals surface area (Å²) in [7, 11) is -0.514. The first-order valence-corrected chi connectivity index (χ1v) is 9.37. The van der Waals surface area contributed by atoms with Gasteiger partial charge in [-0.15, -0.1) is 0 Å². The maximum atomic E-state index is 12.0. The number of sulfonamides is 1. The zero-order valence-corrected chi connectivity index (χ0v) is 15.6. The van der Waals surface area contributed by atoms with Crippen molar-refractivity contribution in [2.24, 2.45) is 0 Å². The lowest BCUT2D eigenvalue weighted by Crippen LogP contribution is -2.22. The topological polar surface area (TPSA) is 120 Å². The second-order valence-electron chi connectivity index (χ2n) is 6.08. The highest BCUT2D eigenvalue weighted by molar-refractivity contribution is 7.89. The second kappa shape index (κ2) is 7.79. The molecule has 8 nitrogen and oxygen atoms in total. The van der Waals surface area contributed by atoms with Gasteiger partial charge in [-0.3, -0.25) is 9.59 Å². The van der Waals surface area contributed by atoms with E-state index >= 15 is 0 Å². The molecule has 0 aliphatic heterocycles. The third-order valence-corrected chi connectivity index (χ3v) is 5.78. The largest absolute Gasteiger partial charge is 0.481 e. The number of carboxylic acids is 1. The van der Waals surface area contributed by atoms with Crippen LogP contribution in [0.25, 0.3) is 0 Å². The molecule has 0 fully saturated rings. The molecule has 1 aromatic carbocycles. The second-order valence-corrected chi connectivity index (χ2v) is 8.23. The predicted molar refractivity (Wildman–Crippen MR) is 95.7 cm³/mol. The van der Waals surface area contributed by atoms with Crippen LogP contribution >= 0.6 is 0 Å². The lowest BCUT2D eigenvalue weighted by atomic mass is 10.1. The molecule has 0 amide bonds. The predicted octanol–water partition coefficient (Wildman–Crippen LogP) is 0.741. The van der Waals surface area contributed by atoms with Gasteiger partial charge in [-0.2, -0.15) is 0 Å². The van der Waals surface area contributed by atoms with Gasteiger partial charge in [0.05, 0.1) is 11.3 Å². The fourth-order valence-electron chi connectivity index (χ4n) is 2.45. The molecule has 0 saturated heterocycles. The monoisotopic (exact) mass is 379 g/mol. The number of carbonyl (C=O) groups is 1. The molecule has 0 aliphatic carbocycles. The zero-order valence-electron chi connectivity index (χ0n) is 14.8. The summed E-state index contributed by atoms with van der Waals surface area (Å²) in [5, 5.41) is 8.82. The third kappa shape index (κ3) is 4.55. The van der Waals surface area contributed by atoms with Gasteiger partial charge < -0.3 is 10.1 Å². The minimum Gasteiger partial charge on any atom is -0.481 e. The van der Waals surface area contributed by atoms with E-state index in [9.17, 15) is 18.0 Å². The van der Waals surface area contributed by atoms with Crippen LogP contribution in [0.3, 0.4) is 0 Å². The van der Waals surface area contributed by atoms with Crippen molar-refractivity contribution in [3.8, 4) is 0 Å². The van der Waals surface area contributed by atoms with Gasteiger partial charge in [-0.25, -0.2) is 17.7 Å². The molecule has 0 spiro atoms. The molecule has 0 unspecified atom stereocenters. The van der Waals surface area contributed by atoms with E-state index in [2.05, 4.69) is 9.97 Å². The minimum absolute atomic E-state index is 0.152. The van der Waals surface area contributed by atoms with Crippen LogP contribution in [0.5, 0.6) is 0 Å². The van der Waals surface area contributed by atoms with Crippen molar-refractivity contribution in [3.05, 3.63) is 57.3 Å². The Kier molecular flexibility index (Phi) is 5.94. The molecular formula is C17H21N3O5S. The van der Waals surface area contributed by atoms with E-state index in [0.717, 1.165) is 9.87 Å². The maximum Gasteiger partial charge on any atom is 0.308 e. The molecule has 2 N–H and O–H groups in total. The van der Waals surface area contributed by atoms with Gasteiger partial charge in [0.2, 0.25) is 10.0 Å². The summed E-state index contributed by atoms with van der Waals surface area (Å²) in [4.78, 5) is 29.9. The van der Waals surface area contributed by atoms with Crippen LogP contribution in [-0.2, 0) is 34.1 Å². The summed E-state index contributed by atoms with van der Waals surface area (Å²) in [6.07, 6.45) is 0.641. The summed E-state index contributed by atoms with van der Waals surface area (Å²) in [5.74, 6) is -0.618. The van der Waals surface area contributed by atoms with E-state index in [1.165, 1.54) is 14.1 Å². The summed E-state index contributed by atoms with van der Waals surface area (Å²) in [6.45, 7) is 1.61. The highest BCUT2D eigenvalue weighted by Crippen LogP contribution is 2.15. The number of aliphatic carboxylic acids is 1. The molecule has 0 saturated carbocycles. The normalized spacial score (nSPS) is 11.7. The number of aromatic nitrogens is 2. The lowest BCUT2D eigenvalue weighted by molar-refractivity contribution is -0.136. The molecule has 1 heterocycles. The van der Waals surface area contributed by atoms with Gasteiger partial charge in [-0.1, -0.05) is 12.1 Å². The molecule has 0 atom stereocenters. The van der Waals surface area contributed by atoms with Gasteiger partial charge in [0.15, 0.2) is 0 Å². The Labute approximate surface area is 151 Å². The smallest absolute Gasteiger partial charge is 0.308 e. The van der Waals surface area contributed by atoms with Gasteiger partial charge >= 0.3 is 5.97 Å². The molecule has 1 aromatic heterocycles. The SMILES string of the molecule is Cc1nc(CCc2ccc(S(=O)(=O)N(C)C)cc2)[nH]c(=O)c1CC(=O)O. The molecule has 0 aliphatic rings. The fraction of sp³-hybridized carbons (Fsp3) is 0.353. The van der Waals surface area contributed by atoms with Crippen LogP contribution in [0.4, 0.5) is 0 Å². The third-order valence-electron chi connectivity index (χ3n) is 3.95. The van der Waals surface area contributed by atoms with Crippen LogP contribution in [0.1, 0.15) is 22.6 Å². The first kappa shape index (κ1) is 19.8. The number of carboxylic acid groups (broad SMARTS) is 1. The van der Waals surface area contributed by atoms with E-state index in [0.29, 0.717) is 24.4 Å². The average molecular weight is 379 g/mol. The number of aromatic amines is 1. The van der Waals surface area contributed by atoms with Crippen LogP contribution < -0.4 is 5.56 Å². The van der Waals surface area contributed by atoms with Crippen molar-refractivity contribution in [2.75, 3.05) is 14.1 Å². The Morgan fingerprint density at radius 1 is 1.19 bits per heavy atom. The summed E-state index contributed by atoms with van der Waals surface area (Å²) in [5.41, 5.74) is 1.01. The first-order valence-electron chi connectivity index (χ1n) is 7.93. The van der Waals surface area contributed by atoms with Crippen LogP contribution in [0.2, 0.25) is 0 Å². The van der Waals surface area contributed by atoms with Gasteiger partial charge in [0.1, 0.15) is 5.82 Å². The van der Waals surface area contributed by atoms with E-state index in [1.54, 1.807) is 31.2 Å². The zero-order chi connectivity index (χ0) is 19.5. The lowest BCUT2D eigenvalue weighted by Gasteiger charge is -2.11. The highest BCUT2D eigenvalue weighted by atomic mass is 32.2. The average Bonchev–Trinajstić information content (AvgIpc) is 2.56. The number of hydrogen-bond acceptors (Lipinski definition) is 5. The van der Waals surface area contributed by atoms with Crippen molar-refractivity contribution < 1.29 is 18.3 Å². The van der Waals surface area contributed by atoms with Crippen LogP contribution in [0, 0.1) is 6.92 Å². The van der Waals surface area contributed by atoms with Gasteiger partial charge in [0, 0.05) is 31.8 Å². The molecule has 2 rings (SSSR count). The standard InChI is InChI=1S/C17H21N3O5S/c1-11-14(10-16(21)22)17(23)19-15(18-11)9-6-12-4-7-13(8-5-12)26(24,25)20(2)3/h4-5,7-8H,6,9-10H2,1-3H3,(H,21,22)(H,18,19,23). The molecule has 0 bridgehead atoms. The van der Waals surface area contributed by atoms with Crippen molar-refractivity contribution in [2.45, 2.75) is 31.1 Å². The number of benzene rings is 1. The Morgan fingerprint density at radius 2 is 1.81 bits per heavy atom.